The fourth-order valence-electron chi connectivity index (χ4n) is 2.14. The first kappa shape index (κ1) is 14.7. The SMILES string of the molecule is COC(=O)c1ccc(N(C)c2ccccc2OC)c(N)c1. The van der Waals surface area contributed by atoms with E-state index in [2.05, 4.69) is 4.74 Å². The molecule has 0 unspecified atom stereocenters. The molecular formula is C16H18N2O3. The van der Waals surface area contributed by atoms with Crippen LogP contribution in [0, 0.1) is 0 Å². The molecule has 5 heteroatoms. The van der Waals surface area contributed by atoms with Crippen LogP contribution in [0.1, 0.15) is 10.4 Å². The molecule has 2 aromatic carbocycles. The van der Waals surface area contributed by atoms with Crippen molar-refractivity contribution >= 4 is 23.0 Å². The molecule has 2 aromatic rings. The van der Waals surface area contributed by atoms with Gasteiger partial charge >= 0.3 is 5.97 Å². The summed E-state index contributed by atoms with van der Waals surface area (Å²) < 4.78 is 10.0. The van der Waals surface area contributed by atoms with Crippen molar-refractivity contribution in [2.75, 3.05) is 31.9 Å². The van der Waals surface area contributed by atoms with Gasteiger partial charge in [-0.2, -0.15) is 0 Å². The second kappa shape index (κ2) is 6.17. The monoisotopic (exact) mass is 286 g/mol. The highest BCUT2D eigenvalue weighted by Crippen LogP contribution is 2.35. The average molecular weight is 286 g/mol. The number of nitrogens with zero attached hydrogens (tertiary/aromatic N) is 1. The van der Waals surface area contributed by atoms with Crippen molar-refractivity contribution in [3.8, 4) is 5.75 Å². The highest BCUT2D eigenvalue weighted by atomic mass is 16.5. The zero-order chi connectivity index (χ0) is 15.4. The molecule has 0 atom stereocenters. The molecule has 0 amide bonds. The standard InChI is InChI=1S/C16H18N2O3/c1-18(14-6-4-5-7-15(14)20-2)13-9-8-11(10-12(13)17)16(19)21-3/h4-10H,17H2,1-3H3. The normalized spacial score (nSPS) is 10.0. The summed E-state index contributed by atoms with van der Waals surface area (Å²) in [4.78, 5) is 13.4. The number of benzene rings is 2. The molecule has 0 aliphatic rings. The highest BCUT2D eigenvalue weighted by molar-refractivity contribution is 5.92. The molecule has 0 saturated heterocycles. The highest BCUT2D eigenvalue weighted by Gasteiger charge is 2.14. The van der Waals surface area contributed by atoms with Crippen LogP contribution in [0.25, 0.3) is 0 Å². The number of hydrogen-bond donors (Lipinski definition) is 1. The van der Waals surface area contributed by atoms with Gasteiger partial charge in [0.1, 0.15) is 5.75 Å². The molecule has 0 saturated carbocycles. The lowest BCUT2D eigenvalue weighted by atomic mass is 10.1. The molecule has 0 aliphatic heterocycles. The Kier molecular flexibility index (Phi) is 4.33. The molecule has 0 aromatic heterocycles. The first-order chi connectivity index (χ1) is 10.1. The van der Waals surface area contributed by atoms with Crippen molar-refractivity contribution in [3.05, 3.63) is 48.0 Å². The summed E-state index contributed by atoms with van der Waals surface area (Å²) in [7, 11) is 4.85. The van der Waals surface area contributed by atoms with Crippen LogP contribution >= 0.6 is 0 Å². The number of nitrogens with two attached hydrogens (primary N) is 1. The molecule has 0 radical (unpaired) electrons. The van der Waals surface area contributed by atoms with Gasteiger partial charge in [0.25, 0.3) is 0 Å². The van der Waals surface area contributed by atoms with E-state index in [0.29, 0.717) is 11.3 Å². The maximum absolute atomic E-state index is 11.5. The fourth-order valence-corrected chi connectivity index (χ4v) is 2.14. The van der Waals surface area contributed by atoms with Crippen LogP contribution in [0.2, 0.25) is 0 Å². The molecule has 5 nitrogen and oxygen atoms in total. The second-order valence-electron chi connectivity index (χ2n) is 4.50. The van der Waals surface area contributed by atoms with E-state index in [4.69, 9.17) is 10.5 Å². The molecule has 0 fully saturated rings. The van der Waals surface area contributed by atoms with Gasteiger partial charge < -0.3 is 20.1 Å². The van der Waals surface area contributed by atoms with E-state index in [9.17, 15) is 4.79 Å². The van der Waals surface area contributed by atoms with Crippen LogP contribution in [0.15, 0.2) is 42.5 Å². The Labute approximate surface area is 123 Å². The number of carbonyl (C=O) groups is 1. The van der Waals surface area contributed by atoms with Crippen molar-refractivity contribution in [1.29, 1.82) is 0 Å². The second-order valence-corrected chi connectivity index (χ2v) is 4.50. The number of carbonyl (C=O) groups excluding carboxylic acids is 1. The lowest BCUT2D eigenvalue weighted by Gasteiger charge is -2.23. The lowest BCUT2D eigenvalue weighted by Crippen LogP contribution is -2.13. The first-order valence-electron chi connectivity index (χ1n) is 6.43. The van der Waals surface area contributed by atoms with Crippen LogP contribution in [0.4, 0.5) is 17.1 Å². The average Bonchev–Trinajstić information content (AvgIpc) is 2.53. The maximum Gasteiger partial charge on any atom is 0.337 e. The van der Waals surface area contributed by atoms with E-state index in [0.717, 1.165) is 17.1 Å². The number of anilines is 3. The summed E-state index contributed by atoms with van der Waals surface area (Å²) in [5.41, 5.74) is 8.64. The van der Waals surface area contributed by atoms with Gasteiger partial charge in [0.15, 0.2) is 0 Å². The van der Waals surface area contributed by atoms with Crippen molar-refractivity contribution in [1.82, 2.24) is 0 Å². The predicted molar refractivity (Wildman–Crippen MR) is 83.3 cm³/mol. The van der Waals surface area contributed by atoms with Crippen LogP contribution in [0.5, 0.6) is 5.75 Å². The third-order valence-corrected chi connectivity index (χ3v) is 3.26. The van der Waals surface area contributed by atoms with E-state index < -0.39 is 5.97 Å². The van der Waals surface area contributed by atoms with Gasteiger partial charge in [-0.05, 0) is 30.3 Å². The smallest absolute Gasteiger partial charge is 0.337 e. The summed E-state index contributed by atoms with van der Waals surface area (Å²) >= 11 is 0. The number of para-hydroxylation sites is 2. The summed E-state index contributed by atoms with van der Waals surface area (Å²) in [6.45, 7) is 0. The van der Waals surface area contributed by atoms with Crippen LogP contribution in [0.3, 0.4) is 0 Å². The molecule has 0 heterocycles. The summed E-state index contributed by atoms with van der Waals surface area (Å²) in [6.07, 6.45) is 0. The van der Waals surface area contributed by atoms with Gasteiger partial charge in [-0.25, -0.2) is 4.79 Å². The first-order valence-corrected chi connectivity index (χ1v) is 6.43. The minimum absolute atomic E-state index is 0.409. The van der Waals surface area contributed by atoms with E-state index in [1.807, 2.05) is 36.2 Å². The van der Waals surface area contributed by atoms with Gasteiger partial charge in [-0.1, -0.05) is 12.1 Å². The fraction of sp³-hybridized carbons (Fsp3) is 0.188. The number of hydrogen-bond acceptors (Lipinski definition) is 5. The molecule has 110 valence electrons. The molecule has 2 rings (SSSR count). The predicted octanol–water partition coefficient (Wildman–Crippen LogP) is 2.83. The Balaban J connectivity index is 2.40. The van der Waals surface area contributed by atoms with Gasteiger partial charge in [0.05, 0.1) is 36.8 Å². The van der Waals surface area contributed by atoms with Gasteiger partial charge in [-0.3, -0.25) is 0 Å². The van der Waals surface area contributed by atoms with E-state index in [-0.39, 0.29) is 0 Å². The summed E-state index contributed by atoms with van der Waals surface area (Å²) in [6, 6.07) is 12.7. The summed E-state index contributed by atoms with van der Waals surface area (Å²) in [5.74, 6) is 0.338. The molecular weight excluding hydrogens is 268 g/mol. The molecule has 0 bridgehead atoms. The van der Waals surface area contributed by atoms with Gasteiger partial charge in [-0.15, -0.1) is 0 Å². The van der Waals surface area contributed by atoms with Crippen LogP contribution in [-0.4, -0.2) is 27.2 Å². The minimum Gasteiger partial charge on any atom is -0.495 e. The number of ether oxygens (including phenoxy) is 2. The summed E-state index contributed by atoms with van der Waals surface area (Å²) in [5, 5.41) is 0. The molecule has 0 spiro atoms. The third-order valence-electron chi connectivity index (χ3n) is 3.26. The van der Waals surface area contributed by atoms with Crippen LogP contribution in [-0.2, 0) is 4.74 Å². The number of esters is 1. The Bertz CT molecular complexity index is 656. The third kappa shape index (κ3) is 2.91. The van der Waals surface area contributed by atoms with Crippen molar-refractivity contribution in [3.63, 3.8) is 0 Å². The van der Waals surface area contributed by atoms with Crippen molar-refractivity contribution in [2.24, 2.45) is 0 Å². The van der Waals surface area contributed by atoms with E-state index in [1.165, 1.54) is 7.11 Å². The minimum atomic E-state index is -0.409. The van der Waals surface area contributed by atoms with E-state index >= 15 is 0 Å². The number of rotatable bonds is 4. The Morgan fingerprint density at radius 1 is 1.10 bits per heavy atom. The van der Waals surface area contributed by atoms with E-state index in [1.54, 1.807) is 25.3 Å². The zero-order valence-corrected chi connectivity index (χ0v) is 12.3. The lowest BCUT2D eigenvalue weighted by molar-refractivity contribution is 0.0601. The topological polar surface area (TPSA) is 64.8 Å². The van der Waals surface area contributed by atoms with Crippen molar-refractivity contribution in [2.45, 2.75) is 0 Å². The molecule has 21 heavy (non-hydrogen) atoms. The quantitative estimate of drug-likeness (QED) is 0.691. The molecule has 0 aliphatic carbocycles. The van der Waals surface area contributed by atoms with Gasteiger partial charge in [0.2, 0.25) is 0 Å². The van der Waals surface area contributed by atoms with Crippen LogP contribution < -0.4 is 15.4 Å². The number of nitrogen functional groups attached to an aromatic ring is 1. The maximum atomic E-state index is 11.5. The number of methoxy groups -OCH3 is 2. The Morgan fingerprint density at radius 3 is 2.43 bits per heavy atom. The van der Waals surface area contributed by atoms with Crippen molar-refractivity contribution < 1.29 is 14.3 Å². The van der Waals surface area contributed by atoms with Gasteiger partial charge in [0, 0.05) is 7.05 Å². The Hall–Kier alpha value is -2.69. The zero-order valence-electron chi connectivity index (χ0n) is 12.3. The Morgan fingerprint density at radius 2 is 1.81 bits per heavy atom. The largest absolute Gasteiger partial charge is 0.495 e. The molecule has 2 N–H and O–H groups in total.